The van der Waals surface area contributed by atoms with Crippen molar-refractivity contribution in [3.8, 4) is 11.3 Å². The minimum atomic E-state index is -0.620. The Morgan fingerprint density at radius 3 is 2.57 bits per heavy atom. The Hall–Kier alpha value is -4.06. The van der Waals surface area contributed by atoms with E-state index in [2.05, 4.69) is 20.5 Å². The fourth-order valence-corrected chi connectivity index (χ4v) is 4.95. The lowest BCUT2D eigenvalue weighted by atomic mass is 10.1. The first kappa shape index (κ1) is 26.0. The molecule has 1 amide bonds. The number of carbonyl (C=O) groups excluding carboxylic acids is 3. The van der Waals surface area contributed by atoms with Crippen molar-refractivity contribution in [3.63, 3.8) is 0 Å². The normalized spacial score (nSPS) is 11.1. The number of thiophene rings is 1. The van der Waals surface area contributed by atoms with Crippen molar-refractivity contribution in [2.75, 3.05) is 18.5 Å². The summed E-state index contributed by atoms with van der Waals surface area (Å²) in [7, 11) is 0. The van der Waals surface area contributed by atoms with Gasteiger partial charge < -0.3 is 14.8 Å². The van der Waals surface area contributed by atoms with Crippen LogP contribution in [0, 0.1) is 13.8 Å². The minimum absolute atomic E-state index is 0.127. The maximum Gasteiger partial charge on any atom is 0.348 e. The third-order valence-corrected chi connectivity index (χ3v) is 6.86. The van der Waals surface area contributed by atoms with Gasteiger partial charge in [0.05, 0.1) is 36.4 Å². The van der Waals surface area contributed by atoms with Gasteiger partial charge in [0.25, 0.3) is 5.91 Å². The molecule has 0 unspecified atom stereocenters. The van der Waals surface area contributed by atoms with Crippen molar-refractivity contribution in [1.29, 1.82) is 0 Å². The van der Waals surface area contributed by atoms with E-state index in [1.807, 2.05) is 37.7 Å². The maximum atomic E-state index is 13.4. The zero-order chi connectivity index (χ0) is 26.7. The molecule has 4 aromatic heterocycles. The quantitative estimate of drug-likeness (QED) is 0.321. The van der Waals surface area contributed by atoms with Gasteiger partial charge in [-0.3, -0.25) is 9.48 Å². The Bertz CT molecular complexity index is 1480. The van der Waals surface area contributed by atoms with Crippen LogP contribution in [0.25, 0.3) is 16.9 Å². The van der Waals surface area contributed by atoms with Crippen molar-refractivity contribution in [2.45, 2.75) is 47.6 Å². The number of esters is 2. The summed E-state index contributed by atoms with van der Waals surface area (Å²) >= 11 is 0.968. The predicted octanol–water partition coefficient (Wildman–Crippen LogP) is 4.29. The average Bonchev–Trinajstić information content (AvgIpc) is 3.57. The zero-order valence-corrected chi connectivity index (χ0v) is 22.1. The van der Waals surface area contributed by atoms with E-state index in [1.165, 1.54) is 6.20 Å². The summed E-state index contributed by atoms with van der Waals surface area (Å²) in [5.74, 6) is -1.72. The molecule has 4 rings (SSSR count). The van der Waals surface area contributed by atoms with Gasteiger partial charge in [0.2, 0.25) is 0 Å². The number of aromatic nitrogens is 5. The first-order valence-electron chi connectivity index (χ1n) is 12.0. The molecule has 0 saturated carbocycles. The van der Waals surface area contributed by atoms with Crippen molar-refractivity contribution in [1.82, 2.24) is 24.4 Å². The number of amides is 1. The molecule has 12 heteroatoms. The Morgan fingerprint density at radius 2 is 1.89 bits per heavy atom. The molecule has 0 bridgehead atoms. The lowest BCUT2D eigenvalue weighted by Crippen LogP contribution is -2.15. The number of anilines is 1. The molecular formula is C25H28N6O5S. The molecule has 0 fully saturated rings. The smallest absolute Gasteiger partial charge is 0.348 e. The molecule has 0 aromatic carbocycles. The summed E-state index contributed by atoms with van der Waals surface area (Å²) in [6.45, 7) is 10.2. The number of aryl methyl sites for hydroxylation is 2. The van der Waals surface area contributed by atoms with Gasteiger partial charge in [0, 0.05) is 24.5 Å². The summed E-state index contributed by atoms with van der Waals surface area (Å²) < 4.78 is 13.8. The topological polar surface area (TPSA) is 130 Å². The highest BCUT2D eigenvalue weighted by molar-refractivity contribution is 7.18. The Morgan fingerprint density at radius 1 is 1.11 bits per heavy atom. The molecule has 0 aliphatic rings. The lowest BCUT2D eigenvalue weighted by molar-refractivity contribution is 0.0506. The van der Waals surface area contributed by atoms with E-state index in [-0.39, 0.29) is 34.2 Å². The molecule has 0 saturated heterocycles. The molecule has 11 nitrogen and oxygen atoms in total. The number of nitrogens with zero attached hydrogens (tertiary/aromatic N) is 5. The van der Waals surface area contributed by atoms with Gasteiger partial charge in [0.1, 0.15) is 15.4 Å². The molecule has 1 N–H and O–H groups in total. The van der Waals surface area contributed by atoms with E-state index in [0.717, 1.165) is 34.8 Å². The SMILES string of the molecule is CCCOC(=O)c1c(NC(=O)c2cnn3c(-c4cn(CC)nc4C)ccnc23)sc(C(=O)OCC)c1C. The molecule has 0 aliphatic carbocycles. The molecule has 4 heterocycles. The highest BCUT2D eigenvalue weighted by atomic mass is 32.1. The molecule has 0 spiro atoms. The summed E-state index contributed by atoms with van der Waals surface area (Å²) in [6, 6.07) is 1.81. The number of nitrogens with one attached hydrogen (secondary N) is 1. The Balaban J connectivity index is 1.72. The van der Waals surface area contributed by atoms with Gasteiger partial charge in [-0.1, -0.05) is 6.92 Å². The lowest BCUT2D eigenvalue weighted by Gasteiger charge is -2.07. The van der Waals surface area contributed by atoms with Gasteiger partial charge in [-0.15, -0.1) is 11.3 Å². The van der Waals surface area contributed by atoms with Crippen LogP contribution in [0.3, 0.4) is 0 Å². The largest absolute Gasteiger partial charge is 0.462 e. The monoisotopic (exact) mass is 524 g/mol. The summed E-state index contributed by atoms with van der Waals surface area (Å²) in [5, 5.41) is 11.9. The second-order valence-corrected chi connectivity index (χ2v) is 9.20. The average molecular weight is 525 g/mol. The Kier molecular flexibility index (Phi) is 7.67. The van der Waals surface area contributed by atoms with E-state index in [1.54, 1.807) is 24.6 Å². The molecule has 0 radical (unpaired) electrons. The van der Waals surface area contributed by atoms with E-state index in [0.29, 0.717) is 17.6 Å². The highest BCUT2D eigenvalue weighted by Crippen LogP contribution is 2.35. The van der Waals surface area contributed by atoms with Gasteiger partial charge in [-0.2, -0.15) is 10.2 Å². The molecule has 0 atom stereocenters. The summed E-state index contributed by atoms with van der Waals surface area (Å²) in [6.07, 6.45) is 5.58. The van der Waals surface area contributed by atoms with Crippen LogP contribution in [0.4, 0.5) is 5.00 Å². The van der Waals surface area contributed by atoms with Crippen LogP contribution in [0.2, 0.25) is 0 Å². The van der Waals surface area contributed by atoms with Crippen LogP contribution >= 0.6 is 11.3 Å². The maximum absolute atomic E-state index is 13.4. The number of rotatable bonds is 9. The number of carbonyl (C=O) groups is 3. The van der Waals surface area contributed by atoms with Crippen molar-refractivity contribution in [2.24, 2.45) is 0 Å². The number of fused-ring (bicyclic) bond motifs is 1. The molecule has 37 heavy (non-hydrogen) atoms. The fourth-order valence-electron chi connectivity index (χ4n) is 3.86. The van der Waals surface area contributed by atoms with Crippen LogP contribution in [0.1, 0.15) is 68.8 Å². The minimum Gasteiger partial charge on any atom is -0.462 e. The highest BCUT2D eigenvalue weighted by Gasteiger charge is 2.28. The standard InChI is InChI=1S/C25H28N6O5S/c1-6-11-36-24(33)19-14(4)20(25(34)35-8-3)37-23(19)28-22(32)16-12-27-31-18(9-10-26-21(16)31)17-13-30(7-2)29-15(17)5/h9-10,12-13H,6-8,11H2,1-5H3,(H,28,32). The van der Waals surface area contributed by atoms with Gasteiger partial charge in [-0.25, -0.2) is 19.1 Å². The third kappa shape index (κ3) is 4.96. The van der Waals surface area contributed by atoms with E-state index in [9.17, 15) is 14.4 Å². The first-order chi connectivity index (χ1) is 17.8. The Labute approximate surface area is 217 Å². The second kappa shape index (κ2) is 10.9. The molecular weight excluding hydrogens is 496 g/mol. The van der Waals surface area contributed by atoms with E-state index >= 15 is 0 Å². The van der Waals surface area contributed by atoms with Crippen molar-refractivity contribution in [3.05, 3.63) is 51.9 Å². The summed E-state index contributed by atoms with van der Waals surface area (Å²) in [4.78, 5) is 43.3. The number of ether oxygens (including phenoxy) is 2. The predicted molar refractivity (Wildman–Crippen MR) is 138 cm³/mol. The van der Waals surface area contributed by atoms with Crippen LogP contribution in [-0.2, 0) is 16.0 Å². The molecule has 194 valence electrons. The first-order valence-corrected chi connectivity index (χ1v) is 12.8. The van der Waals surface area contributed by atoms with Crippen molar-refractivity contribution < 1.29 is 23.9 Å². The van der Waals surface area contributed by atoms with Crippen LogP contribution in [0.15, 0.2) is 24.7 Å². The van der Waals surface area contributed by atoms with E-state index in [4.69, 9.17) is 9.47 Å². The third-order valence-electron chi connectivity index (χ3n) is 5.67. The van der Waals surface area contributed by atoms with Crippen LogP contribution in [-0.4, -0.2) is 55.4 Å². The van der Waals surface area contributed by atoms with Crippen LogP contribution < -0.4 is 5.32 Å². The fraction of sp³-hybridized carbons (Fsp3) is 0.360. The number of hydrogen-bond donors (Lipinski definition) is 1. The van der Waals surface area contributed by atoms with Gasteiger partial charge in [0.15, 0.2) is 5.65 Å². The zero-order valence-electron chi connectivity index (χ0n) is 21.3. The van der Waals surface area contributed by atoms with E-state index < -0.39 is 17.8 Å². The van der Waals surface area contributed by atoms with Gasteiger partial charge in [-0.05, 0) is 45.7 Å². The second-order valence-electron chi connectivity index (χ2n) is 8.18. The summed E-state index contributed by atoms with van der Waals surface area (Å²) in [5.41, 5.74) is 3.50. The molecule has 0 aliphatic heterocycles. The van der Waals surface area contributed by atoms with Crippen LogP contribution in [0.5, 0.6) is 0 Å². The number of hydrogen-bond acceptors (Lipinski definition) is 9. The van der Waals surface area contributed by atoms with Gasteiger partial charge >= 0.3 is 11.9 Å². The van der Waals surface area contributed by atoms with Crippen molar-refractivity contribution >= 4 is 39.8 Å². The molecule has 4 aromatic rings.